The first-order valence-corrected chi connectivity index (χ1v) is 14.2. The summed E-state index contributed by atoms with van der Waals surface area (Å²) in [4.78, 5) is 17.0. The SMILES string of the molecule is COc1ccc([C@@H](c2c(NC(=O)c3ccccc3)sc(C)c2C)N2CCC(Cc3ccccc3)CC2)cc1. The van der Waals surface area contributed by atoms with Crippen molar-refractivity contribution in [2.45, 2.75) is 39.2 Å². The van der Waals surface area contributed by atoms with Crippen LogP contribution in [0.3, 0.4) is 0 Å². The van der Waals surface area contributed by atoms with Crippen molar-refractivity contribution in [2.75, 3.05) is 25.5 Å². The van der Waals surface area contributed by atoms with Crippen molar-refractivity contribution in [3.05, 3.63) is 118 Å². The lowest BCUT2D eigenvalue weighted by Crippen LogP contribution is -2.38. The molecule has 1 fully saturated rings. The van der Waals surface area contributed by atoms with Gasteiger partial charge in [-0.2, -0.15) is 0 Å². The summed E-state index contributed by atoms with van der Waals surface area (Å²) in [6.07, 6.45) is 3.46. The highest BCUT2D eigenvalue weighted by atomic mass is 32.1. The fourth-order valence-corrected chi connectivity index (χ4v) is 6.63. The Bertz CT molecular complexity index is 1340. The molecule has 0 radical (unpaired) electrons. The molecule has 4 aromatic rings. The number of carbonyl (C=O) groups is 1. The van der Waals surface area contributed by atoms with Gasteiger partial charge in [0.15, 0.2) is 0 Å². The highest BCUT2D eigenvalue weighted by Gasteiger charge is 2.32. The van der Waals surface area contributed by atoms with E-state index in [1.165, 1.54) is 27.1 Å². The molecule has 1 N–H and O–H groups in total. The molecule has 5 rings (SSSR count). The van der Waals surface area contributed by atoms with Crippen LogP contribution in [0.5, 0.6) is 5.75 Å². The summed E-state index contributed by atoms with van der Waals surface area (Å²) in [5.41, 5.74) is 5.79. The topological polar surface area (TPSA) is 41.6 Å². The Morgan fingerprint density at radius 2 is 1.58 bits per heavy atom. The standard InChI is InChI=1S/C33H36N2O2S/c1-23-24(2)38-33(34-32(36)28-12-8-5-9-13-28)30(23)31(27-14-16-29(37-3)17-15-27)35-20-18-26(19-21-35)22-25-10-6-4-7-11-25/h4-17,26,31H,18-22H2,1-3H3,(H,34,36)/t31-/m0/s1. The average molecular weight is 525 g/mol. The van der Waals surface area contributed by atoms with Gasteiger partial charge in [0.2, 0.25) is 0 Å². The Hall–Kier alpha value is -3.41. The van der Waals surface area contributed by atoms with E-state index in [9.17, 15) is 4.79 Å². The molecule has 1 atom stereocenters. The normalized spacial score (nSPS) is 15.2. The Morgan fingerprint density at radius 1 is 0.947 bits per heavy atom. The molecule has 3 aromatic carbocycles. The first-order valence-electron chi connectivity index (χ1n) is 13.4. The molecule has 1 aliphatic rings. The number of nitrogens with one attached hydrogen (secondary N) is 1. The zero-order valence-electron chi connectivity index (χ0n) is 22.4. The Kier molecular flexibility index (Phi) is 8.26. The van der Waals surface area contributed by atoms with Gasteiger partial charge in [-0.15, -0.1) is 11.3 Å². The number of rotatable bonds is 8. The fraction of sp³-hybridized carbons (Fsp3) is 0.303. The average Bonchev–Trinajstić information content (AvgIpc) is 3.23. The van der Waals surface area contributed by atoms with Gasteiger partial charge in [-0.25, -0.2) is 0 Å². The third-order valence-corrected chi connectivity index (χ3v) is 8.92. The molecule has 0 unspecified atom stereocenters. The van der Waals surface area contributed by atoms with Gasteiger partial charge in [-0.05, 0) is 93.1 Å². The Morgan fingerprint density at radius 3 is 2.21 bits per heavy atom. The predicted molar refractivity (Wildman–Crippen MR) is 157 cm³/mol. The Labute approximate surface area is 230 Å². The van der Waals surface area contributed by atoms with E-state index in [-0.39, 0.29) is 11.9 Å². The summed E-state index contributed by atoms with van der Waals surface area (Å²) in [6, 6.07) is 28.8. The van der Waals surface area contributed by atoms with E-state index in [1.54, 1.807) is 18.4 Å². The van der Waals surface area contributed by atoms with Crippen molar-refractivity contribution in [3.63, 3.8) is 0 Å². The van der Waals surface area contributed by atoms with Crippen LogP contribution in [0.4, 0.5) is 5.00 Å². The third kappa shape index (κ3) is 5.85. The van der Waals surface area contributed by atoms with E-state index >= 15 is 0 Å². The van der Waals surface area contributed by atoms with Gasteiger partial charge >= 0.3 is 0 Å². The van der Waals surface area contributed by atoms with Crippen LogP contribution in [-0.4, -0.2) is 31.0 Å². The molecule has 0 saturated carbocycles. The van der Waals surface area contributed by atoms with E-state index in [2.05, 4.69) is 66.5 Å². The lowest BCUT2D eigenvalue weighted by Gasteiger charge is -2.38. The zero-order chi connectivity index (χ0) is 26.5. The summed E-state index contributed by atoms with van der Waals surface area (Å²) in [7, 11) is 1.70. The minimum Gasteiger partial charge on any atom is -0.497 e. The minimum absolute atomic E-state index is 0.0644. The van der Waals surface area contributed by atoms with Crippen molar-refractivity contribution >= 4 is 22.2 Å². The number of thiophene rings is 1. The van der Waals surface area contributed by atoms with Crippen molar-refractivity contribution in [2.24, 2.45) is 5.92 Å². The maximum Gasteiger partial charge on any atom is 0.256 e. The van der Waals surface area contributed by atoms with E-state index in [4.69, 9.17) is 4.74 Å². The van der Waals surface area contributed by atoms with Gasteiger partial charge in [0, 0.05) is 16.0 Å². The van der Waals surface area contributed by atoms with Crippen molar-refractivity contribution in [3.8, 4) is 5.75 Å². The largest absolute Gasteiger partial charge is 0.497 e. The number of amides is 1. The maximum absolute atomic E-state index is 13.2. The van der Waals surface area contributed by atoms with Crippen molar-refractivity contribution in [1.82, 2.24) is 4.90 Å². The van der Waals surface area contributed by atoms with Crippen molar-refractivity contribution < 1.29 is 9.53 Å². The molecule has 1 saturated heterocycles. The highest BCUT2D eigenvalue weighted by molar-refractivity contribution is 7.16. The molecule has 2 heterocycles. The van der Waals surface area contributed by atoms with Crippen LogP contribution in [0, 0.1) is 19.8 Å². The summed E-state index contributed by atoms with van der Waals surface area (Å²) < 4.78 is 5.46. The number of carbonyl (C=O) groups excluding carboxylic acids is 1. The third-order valence-electron chi connectivity index (χ3n) is 7.78. The van der Waals surface area contributed by atoms with Gasteiger partial charge in [0.1, 0.15) is 10.8 Å². The summed E-state index contributed by atoms with van der Waals surface area (Å²) in [6.45, 7) is 6.39. The molecule has 1 amide bonds. The smallest absolute Gasteiger partial charge is 0.256 e. The number of aryl methyl sites for hydroxylation is 1. The van der Waals surface area contributed by atoms with Crippen LogP contribution in [-0.2, 0) is 6.42 Å². The van der Waals surface area contributed by atoms with Gasteiger partial charge in [0.25, 0.3) is 5.91 Å². The zero-order valence-corrected chi connectivity index (χ0v) is 23.3. The molecule has 1 aromatic heterocycles. The minimum atomic E-state index is -0.0665. The maximum atomic E-state index is 13.2. The number of methoxy groups -OCH3 is 1. The predicted octanol–water partition coefficient (Wildman–Crippen LogP) is 7.67. The fourth-order valence-electron chi connectivity index (χ4n) is 5.54. The monoisotopic (exact) mass is 524 g/mol. The summed E-state index contributed by atoms with van der Waals surface area (Å²) in [5, 5.41) is 4.22. The number of hydrogen-bond donors (Lipinski definition) is 1. The molecule has 5 heteroatoms. The van der Waals surface area contributed by atoms with Crippen LogP contribution < -0.4 is 10.1 Å². The molecule has 1 aliphatic heterocycles. The quantitative estimate of drug-likeness (QED) is 0.257. The van der Waals surface area contributed by atoms with Gasteiger partial charge < -0.3 is 10.1 Å². The van der Waals surface area contributed by atoms with Gasteiger partial charge in [-0.3, -0.25) is 9.69 Å². The second-order valence-electron chi connectivity index (χ2n) is 10.2. The van der Waals surface area contributed by atoms with E-state index in [1.807, 2.05) is 42.5 Å². The number of ether oxygens (including phenoxy) is 1. The summed E-state index contributed by atoms with van der Waals surface area (Å²) >= 11 is 1.68. The molecule has 0 spiro atoms. The van der Waals surface area contributed by atoms with E-state index in [0.29, 0.717) is 11.5 Å². The number of piperidine rings is 1. The second-order valence-corrected chi connectivity index (χ2v) is 11.4. The number of benzene rings is 3. The molecule has 4 nitrogen and oxygen atoms in total. The van der Waals surface area contributed by atoms with Crippen molar-refractivity contribution in [1.29, 1.82) is 0 Å². The molecule has 38 heavy (non-hydrogen) atoms. The molecular formula is C33H36N2O2S. The van der Waals surface area contributed by atoms with Crippen LogP contribution in [0.25, 0.3) is 0 Å². The first-order chi connectivity index (χ1) is 18.5. The lowest BCUT2D eigenvalue weighted by atomic mass is 9.87. The second kappa shape index (κ2) is 12.0. The van der Waals surface area contributed by atoms with Crippen LogP contribution in [0.2, 0.25) is 0 Å². The highest BCUT2D eigenvalue weighted by Crippen LogP contribution is 2.44. The van der Waals surface area contributed by atoms with Gasteiger partial charge in [0.05, 0.1) is 13.2 Å². The van der Waals surface area contributed by atoms with Crippen LogP contribution >= 0.6 is 11.3 Å². The number of hydrogen-bond acceptors (Lipinski definition) is 4. The first kappa shape index (κ1) is 26.2. The van der Waals surface area contributed by atoms with E-state index in [0.717, 1.165) is 43.1 Å². The number of likely N-dealkylation sites (tertiary alicyclic amines) is 1. The Balaban J connectivity index is 1.45. The van der Waals surface area contributed by atoms with Crippen LogP contribution in [0.15, 0.2) is 84.9 Å². The molecule has 0 aliphatic carbocycles. The van der Waals surface area contributed by atoms with E-state index < -0.39 is 0 Å². The number of nitrogens with zero attached hydrogens (tertiary/aromatic N) is 1. The van der Waals surface area contributed by atoms with Crippen LogP contribution in [0.1, 0.15) is 56.4 Å². The summed E-state index contributed by atoms with van der Waals surface area (Å²) in [5.74, 6) is 1.47. The lowest BCUT2D eigenvalue weighted by molar-refractivity contribution is 0.102. The number of anilines is 1. The molecular weight excluding hydrogens is 488 g/mol. The molecule has 196 valence electrons. The van der Waals surface area contributed by atoms with Gasteiger partial charge in [-0.1, -0.05) is 60.7 Å². The molecule has 0 bridgehead atoms.